The molecule has 1 aliphatic heterocycles. The van der Waals surface area contributed by atoms with Crippen LogP contribution in [0.4, 0.5) is 13.2 Å². The molecule has 0 atom stereocenters. The van der Waals surface area contributed by atoms with E-state index < -0.39 is 12.1 Å². The summed E-state index contributed by atoms with van der Waals surface area (Å²) in [5, 5.41) is 14.8. The van der Waals surface area contributed by atoms with Crippen molar-refractivity contribution in [3.63, 3.8) is 0 Å². The van der Waals surface area contributed by atoms with Gasteiger partial charge in [0.1, 0.15) is 0 Å². The summed E-state index contributed by atoms with van der Waals surface area (Å²) in [6.45, 7) is 3.81. The van der Waals surface area contributed by atoms with Gasteiger partial charge in [-0.15, -0.1) is 11.8 Å². The number of nitrogens with zero attached hydrogens (tertiary/aromatic N) is 3. The number of aryl methyl sites for hydroxylation is 1. The number of nitrogens with one attached hydrogen (secondary N) is 1. The fourth-order valence-corrected chi connectivity index (χ4v) is 3.71. The molecule has 4 rings (SSSR count). The standard InChI is InChI=1S/C18H18N4OS.C2HF3O2/c1-11-16(13-7-8-19-9-12(13)10-20-11)17-21-18(23-22-17)14-5-3-4-6-15(14)24-2;3-2(4,5)1(6)7/h3-6,10,19H,7-9H2,1-2H3;(H,6,7). The van der Waals surface area contributed by atoms with E-state index in [1.165, 1.54) is 11.1 Å². The van der Waals surface area contributed by atoms with Gasteiger partial charge in [-0.3, -0.25) is 4.98 Å². The molecule has 0 radical (unpaired) electrons. The predicted octanol–water partition coefficient (Wildman–Crippen LogP) is 4.11. The highest BCUT2D eigenvalue weighted by Crippen LogP contribution is 2.33. The Labute approximate surface area is 180 Å². The lowest BCUT2D eigenvalue weighted by Gasteiger charge is -2.19. The number of aliphatic carboxylic acids is 1. The minimum Gasteiger partial charge on any atom is -0.475 e. The molecule has 164 valence electrons. The van der Waals surface area contributed by atoms with Gasteiger partial charge < -0.3 is 14.9 Å². The van der Waals surface area contributed by atoms with Gasteiger partial charge in [-0.25, -0.2) is 4.79 Å². The van der Waals surface area contributed by atoms with Crippen LogP contribution in [0.15, 0.2) is 39.9 Å². The molecule has 1 aliphatic rings. The van der Waals surface area contributed by atoms with Crippen LogP contribution in [-0.4, -0.2) is 45.2 Å². The molecule has 1 aromatic carbocycles. The van der Waals surface area contributed by atoms with Crippen molar-refractivity contribution in [2.45, 2.75) is 31.0 Å². The Morgan fingerprint density at radius 3 is 2.68 bits per heavy atom. The fourth-order valence-electron chi connectivity index (χ4n) is 3.12. The van der Waals surface area contributed by atoms with E-state index in [-0.39, 0.29) is 0 Å². The van der Waals surface area contributed by atoms with Gasteiger partial charge in [0.2, 0.25) is 5.82 Å². The number of rotatable bonds is 3. The number of hydrogen-bond acceptors (Lipinski definition) is 7. The number of fused-ring (bicyclic) bond motifs is 1. The van der Waals surface area contributed by atoms with Crippen molar-refractivity contribution in [2.24, 2.45) is 0 Å². The Bertz CT molecular complexity index is 1090. The maximum absolute atomic E-state index is 10.6. The first-order valence-electron chi connectivity index (χ1n) is 9.18. The topological polar surface area (TPSA) is 101 Å². The SMILES string of the molecule is CSc1ccccc1-c1nc(-c2c(C)ncc3c2CCNC3)no1.O=C(O)C(F)(F)F. The van der Waals surface area contributed by atoms with Gasteiger partial charge in [-0.2, -0.15) is 18.2 Å². The molecule has 7 nitrogen and oxygen atoms in total. The van der Waals surface area contributed by atoms with E-state index in [9.17, 15) is 13.2 Å². The van der Waals surface area contributed by atoms with Crippen LogP contribution in [0.2, 0.25) is 0 Å². The van der Waals surface area contributed by atoms with Crippen LogP contribution < -0.4 is 5.32 Å². The van der Waals surface area contributed by atoms with Crippen LogP contribution in [0, 0.1) is 6.92 Å². The van der Waals surface area contributed by atoms with Crippen molar-refractivity contribution >= 4 is 17.7 Å². The van der Waals surface area contributed by atoms with Gasteiger partial charge in [0, 0.05) is 28.9 Å². The summed E-state index contributed by atoms with van der Waals surface area (Å²) >= 11 is 1.67. The van der Waals surface area contributed by atoms with Crippen molar-refractivity contribution < 1.29 is 27.6 Å². The number of aromatic nitrogens is 3. The molecular weight excluding hydrogens is 433 g/mol. The molecule has 3 aromatic rings. The van der Waals surface area contributed by atoms with Crippen molar-refractivity contribution in [3.05, 3.63) is 47.3 Å². The third-order valence-electron chi connectivity index (χ3n) is 4.56. The summed E-state index contributed by atoms with van der Waals surface area (Å²) in [6.07, 6.45) is -0.131. The number of thioether (sulfide) groups is 1. The van der Waals surface area contributed by atoms with Gasteiger partial charge in [-0.1, -0.05) is 17.3 Å². The molecule has 31 heavy (non-hydrogen) atoms. The molecule has 0 saturated carbocycles. The van der Waals surface area contributed by atoms with E-state index >= 15 is 0 Å². The Balaban J connectivity index is 0.000000339. The largest absolute Gasteiger partial charge is 0.490 e. The summed E-state index contributed by atoms with van der Waals surface area (Å²) in [7, 11) is 0. The zero-order valence-corrected chi connectivity index (χ0v) is 17.5. The predicted molar refractivity (Wildman–Crippen MR) is 109 cm³/mol. The molecule has 2 aromatic heterocycles. The van der Waals surface area contributed by atoms with Gasteiger partial charge >= 0.3 is 12.1 Å². The first-order chi connectivity index (χ1) is 14.7. The van der Waals surface area contributed by atoms with Crippen LogP contribution in [-0.2, 0) is 17.8 Å². The Kier molecular flexibility index (Phi) is 6.96. The van der Waals surface area contributed by atoms with E-state index in [2.05, 4.69) is 26.5 Å². The summed E-state index contributed by atoms with van der Waals surface area (Å²) in [5.41, 5.74) is 5.44. The van der Waals surface area contributed by atoms with Crippen LogP contribution >= 0.6 is 11.8 Å². The number of carboxylic acids is 1. The summed E-state index contributed by atoms with van der Waals surface area (Å²) < 4.78 is 37.3. The molecule has 0 aliphatic carbocycles. The van der Waals surface area contributed by atoms with Crippen LogP contribution in [0.1, 0.15) is 16.8 Å². The molecule has 0 spiro atoms. The van der Waals surface area contributed by atoms with E-state index in [4.69, 9.17) is 14.4 Å². The fraction of sp³-hybridized carbons (Fsp3) is 0.300. The van der Waals surface area contributed by atoms with Crippen LogP contribution in [0.25, 0.3) is 22.8 Å². The van der Waals surface area contributed by atoms with Gasteiger partial charge in [-0.05, 0) is 49.4 Å². The molecule has 0 bridgehead atoms. The number of alkyl halides is 3. The summed E-state index contributed by atoms with van der Waals surface area (Å²) in [6, 6.07) is 8.08. The molecule has 11 heteroatoms. The molecule has 0 saturated heterocycles. The quantitative estimate of drug-likeness (QED) is 0.573. The van der Waals surface area contributed by atoms with Crippen molar-refractivity contribution in [1.82, 2.24) is 20.4 Å². The minimum absolute atomic E-state index is 0.556. The highest BCUT2D eigenvalue weighted by Gasteiger charge is 2.38. The Morgan fingerprint density at radius 1 is 1.29 bits per heavy atom. The number of halogens is 3. The van der Waals surface area contributed by atoms with Crippen molar-refractivity contribution in [1.29, 1.82) is 0 Å². The van der Waals surface area contributed by atoms with E-state index in [1.54, 1.807) is 11.8 Å². The van der Waals surface area contributed by atoms with E-state index in [0.717, 1.165) is 41.2 Å². The number of carboxylic acid groups (broad SMARTS) is 1. The average Bonchev–Trinajstić information content (AvgIpc) is 3.23. The van der Waals surface area contributed by atoms with E-state index in [1.807, 2.05) is 37.6 Å². The molecule has 3 heterocycles. The Morgan fingerprint density at radius 2 is 2.00 bits per heavy atom. The first-order valence-corrected chi connectivity index (χ1v) is 10.4. The summed E-state index contributed by atoms with van der Waals surface area (Å²) in [4.78, 5) is 19.2. The number of benzene rings is 1. The number of pyridine rings is 1. The molecular formula is C20H19F3N4O3S. The number of hydrogen-bond donors (Lipinski definition) is 2. The number of carbonyl (C=O) groups is 1. The monoisotopic (exact) mass is 452 g/mol. The highest BCUT2D eigenvalue weighted by molar-refractivity contribution is 7.98. The van der Waals surface area contributed by atoms with Gasteiger partial charge in [0.05, 0.1) is 5.56 Å². The van der Waals surface area contributed by atoms with Crippen molar-refractivity contribution in [3.8, 4) is 22.8 Å². The van der Waals surface area contributed by atoms with Gasteiger partial charge in [0.15, 0.2) is 0 Å². The van der Waals surface area contributed by atoms with Crippen LogP contribution in [0.3, 0.4) is 0 Å². The molecule has 0 fully saturated rings. The maximum atomic E-state index is 10.6. The second kappa shape index (κ2) is 9.48. The lowest BCUT2D eigenvalue weighted by molar-refractivity contribution is -0.192. The average molecular weight is 452 g/mol. The lowest BCUT2D eigenvalue weighted by Crippen LogP contribution is -2.24. The second-order valence-electron chi connectivity index (χ2n) is 6.58. The van der Waals surface area contributed by atoms with E-state index in [0.29, 0.717) is 11.7 Å². The second-order valence-corrected chi connectivity index (χ2v) is 7.42. The van der Waals surface area contributed by atoms with Crippen LogP contribution in [0.5, 0.6) is 0 Å². The Hall–Kier alpha value is -2.92. The smallest absolute Gasteiger partial charge is 0.475 e. The van der Waals surface area contributed by atoms with Crippen molar-refractivity contribution in [2.75, 3.05) is 12.8 Å². The highest BCUT2D eigenvalue weighted by atomic mass is 32.2. The molecule has 2 N–H and O–H groups in total. The third kappa shape index (κ3) is 5.23. The third-order valence-corrected chi connectivity index (χ3v) is 5.36. The normalized spacial score (nSPS) is 13.2. The lowest BCUT2D eigenvalue weighted by atomic mass is 9.95. The molecule has 0 amide bonds. The minimum atomic E-state index is -5.08. The summed E-state index contributed by atoms with van der Waals surface area (Å²) in [5.74, 6) is -1.57. The van der Waals surface area contributed by atoms with Gasteiger partial charge in [0.25, 0.3) is 5.89 Å². The maximum Gasteiger partial charge on any atom is 0.490 e. The zero-order valence-electron chi connectivity index (χ0n) is 16.7. The zero-order chi connectivity index (χ0) is 22.6. The first kappa shape index (κ1) is 22.8. The molecule has 0 unspecified atom stereocenters.